The van der Waals surface area contributed by atoms with E-state index in [-0.39, 0.29) is 18.7 Å². The maximum Gasteiger partial charge on any atom is 0.475 e. The lowest BCUT2D eigenvalue weighted by atomic mass is 9.77. The normalized spacial score (nSPS) is 11.9. The zero-order valence-electron chi connectivity index (χ0n) is 7.36. The van der Waals surface area contributed by atoms with Gasteiger partial charge in [0, 0.05) is 12.8 Å². The predicted molar refractivity (Wildman–Crippen MR) is 46.2 cm³/mol. The Morgan fingerprint density at radius 2 is 2.08 bits per heavy atom. The fraction of sp³-hybridized carbons (Fsp3) is 0.667. The topological polar surface area (TPSA) is 113 Å². The molecular weight excluding hydrogens is 175 g/mol. The van der Waals surface area contributed by atoms with Crippen LogP contribution < -0.4 is 11.1 Å². The van der Waals surface area contributed by atoms with E-state index < -0.39 is 19.0 Å². The Balaban J connectivity index is 4.09. The molecule has 0 saturated heterocycles. The number of carbonyl (C=O) groups is 2. The molecule has 0 spiro atoms. The van der Waals surface area contributed by atoms with Crippen LogP contribution in [0.1, 0.15) is 19.8 Å². The third kappa shape index (κ3) is 5.21. The van der Waals surface area contributed by atoms with E-state index in [1.54, 1.807) is 6.92 Å². The first-order valence-corrected chi connectivity index (χ1v) is 3.91. The molecule has 6 nitrogen and oxygen atoms in total. The van der Waals surface area contributed by atoms with Gasteiger partial charge < -0.3 is 21.1 Å². The summed E-state index contributed by atoms with van der Waals surface area (Å²) < 4.78 is 0. The number of hydrogen-bond acceptors (Lipinski definition) is 4. The Bertz CT molecular complexity index is 197. The summed E-state index contributed by atoms with van der Waals surface area (Å²) in [7, 11) is -1.78. The minimum absolute atomic E-state index is 0.210. The van der Waals surface area contributed by atoms with Crippen molar-refractivity contribution >= 4 is 18.9 Å². The first-order chi connectivity index (χ1) is 5.97. The van der Waals surface area contributed by atoms with E-state index in [0.717, 1.165) is 0 Å². The SMILES string of the molecule is CCC(=O)N[C@H](CC(N)=O)B(O)O. The van der Waals surface area contributed by atoms with Gasteiger partial charge in [-0.1, -0.05) is 6.92 Å². The maximum atomic E-state index is 10.8. The van der Waals surface area contributed by atoms with Gasteiger partial charge in [0.2, 0.25) is 11.8 Å². The Hall–Kier alpha value is -1.08. The van der Waals surface area contributed by atoms with Gasteiger partial charge in [-0.15, -0.1) is 0 Å². The van der Waals surface area contributed by atoms with E-state index in [1.807, 2.05) is 0 Å². The first kappa shape index (κ1) is 11.9. The van der Waals surface area contributed by atoms with Crippen molar-refractivity contribution in [3.8, 4) is 0 Å². The minimum Gasteiger partial charge on any atom is -0.426 e. The molecule has 0 heterocycles. The molecular formula is C6H13BN2O4. The van der Waals surface area contributed by atoms with Crippen LogP contribution in [0.15, 0.2) is 0 Å². The summed E-state index contributed by atoms with van der Waals surface area (Å²) in [5.74, 6) is -2.08. The zero-order chi connectivity index (χ0) is 10.4. The third-order valence-electron chi connectivity index (χ3n) is 1.45. The van der Waals surface area contributed by atoms with Crippen LogP contribution in [0.3, 0.4) is 0 Å². The molecule has 2 amide bonds. The number of carbonyl (C=O) groups excluding carboxylic acids is 2. The standard InChI is InChI=1S/C6H13BN2O4/c1-2-6(11)9-4(7(12)13)3-5(8)10/h4,12-13H,2-3H2,1H3,(H2,8,10)(H,9,11)/t4-/m1/s1. The fourth-order valence-corrected chi connectivity index (χ4v) is 0.757. The van der Waals surface area contributed by atoms with Crippen LogP contribution in [0.2, 0.25) is 0 Å². The Kier molecular flexibility index (Phi) is 5.09. The zero-order valence-corrected chi connectivity index (χ0v) is 7.36. The van der Waals surface area contributed by atoms with E-state index in [2.05, 4.69) is 5.32 Å². The van der Waals surface area contributed by atoms with E-state index >= 15 is 0 Å². The van der Waals surface area contributed by atoms with Gasteiger partial charge in [-0.2, -0.15) is 0 Å². The Morgan fingerprint density at radius 1 is 1.54 bits per heavy atom. The van der Waals surface area contributed by atoms with E-state index in [9.17, 15) is 9.59 Å². The van der Waals surface area contributed by atoms with Crippen LogP contribution in [0.5, 0.6) is 0 Å². The van der Waals surface area contributed by atoms with E-state index in [0.29, 0.717) is 0 Å². The van der Waals surface area contributed by atoms with Crippen molar-refractivity contribution < 1.29 is 19.6 Å². The predicted octanol–water partition coefficient (Wildman–Crippen LogP) is -2.23. The number of nitrogens with two attached hydrogens (primary N) is 1. The molecule has 5 N–H and O–H groups in total. The third-order valence-corrected chi connectivity index (χ3v) is 1.45. The molecule has 0 radical (unpaired) electrons. The number of primary amides is 1. The summed E-state index contributed by atoms with van der Waals surface area (Å²) in [5, 5.41) is 19.7. The van der Waals surface area contributed by atoms with Gasteiger partial charge in [0.1, 0.15) is 0 Å². The van der Waals surface area contributed by atoms with Crippen molar-refractivity contribution in [1.29, 1.82) is 0 Å². The monoisotopic (exact) mass is 188 g/mol. The molecule has 0 aromatic carbocycles. The highest BCUT2D eigenvalue weighted by atomic mass is 16.4. The van der Waals surface area contributed by atoms with Crippen LogP contribution in [0, 0.1) is 0 Å². The molecule has 1 atom stereocenters. The van der Waals surface area contributed by atoms with Gasteiger partial charge >= 0.3 is 7.12 Å². The van der Waals surface area contributed by atoms with Crippen molar-refractivity contribution in [1.82, 2.24) is 5.32 Å². The Morgan fingerprint density at radius 3 is 2.38 bits per heavy atom. The van der Waals surface area contributed by atoms with Crippen molar-refractivity contribution in [3.05, 3.63) is 0 Å². The highest BCUT2D eigenvalue weighted by molar-refractivity contribution is 6.44. The second-order valence-electron chi connectivity index (χ2n) is 2.61. The summed E-state index contributed by atoms with van der Waals surface area (Å²) in [6.07, 6.45) is -0.0780. The van der Waals surface area contributed by atoms with Crippen LogP contribution in [0.25, 0.3) is 0 Å². The lowest BCUT2D eigenvalue weighted by Crippen LogP contribution is -2.48. The van der Waals surface area contributed by atoms with Gasteiger partial charge in [-0.3, -0.25) is 9.59 Å². The van der Waals surface area contributed by atoms with Crippen molar-refractivity contribution in [2.75, 3.05) is 0 Å². The summed E-state index contributed by atoms with van der Waals surface area (Å²) >= 11 is 0. The molecule has 0 rings (SSSR count). The molecule has 0 aromatic rings. The molecule has 7 heteroatoms. The molecule has 0 saturated carbocycles. The molecule has 0 aromatic heterocycles. The molecule has 0 aliphatic carbocycles. The summed E-state index contributed by atoms with van der Waals surface area (Å²) in [6, 6.07) is 0. The highest BCUT2D eigenvalue weighted by Gasteiger charge is 2.26. The second-order valence-corrected chi connectivity index (χ2v) is 2.61. The number of rotatable bonds is 5. The molecule has 0 fully saturated rings. The van der Waals surface area contributed by atoms with Gasteiger partial charge in [0.15, 0.2) is 0 Å². The maximum absolute atomic E-state index is 10.8. The Labute approximate surface area is 76.3 Å². The smallest absolute Gasteiger partial charge is 0.426 e. The lowest BCUT2D eigenvalue weighted by molar-refractivity contribution is -0.121. The van der Waals surface area contributed by atoms with Crippen LogP contribution in [-0.2, 0) is 9.59 Å². The van der Waals surface area contributed by atoms with E-state index in [1.165, 1.54) is 0 Å². The molecule has 0 aliphatic rings. The van der Waals surface area contributed by atoms with Gasteiger partial charge in [0.25, 0.3) is 0 Å². The average Bonchev–Trinajstić information content (AvgIpc) is 2.02. The quantitative estimate of drug-likeness (QED) is 0.365. The van der Waals surface area contributed by atoms with Crippen molar-refractivity contribution in [2.45, 2.75) is 25.7 Å². The first-order valence-electron chi connectivity index (χ1n) is 3.91. The summed E-state index contributed by atoms with van der Waals surface area (Å²) in [5.41, 5.74) is 4.84. The molecule has 0 bridgehead atoms. The molecule has 0 aliphatic heterocycles. The van der Waals surface area contributed by atoms with Crippen LogP contribution in [0.4, 0.5) is 0 Å². The second kappa shape index (κ2) is 5.55. The minimum atomic E-state index is -1.78. The number of nitrogens with one attached hydrogen (secondary N) is 1. The largest absolute Gasteiger partial charge is 0.475 e. The van der Waals surface area contributed by atoms with Gasteiger partial charge in [-0.25, -0.2) is 0 Å². The number of amides is 2. The van der Waals surface area contributed by atoms with Crippen molar-refractivity contribution in [2.24, 2.45) is 5.73 Å². The highest BCUT2D eigenvalue weighted by Crippen LogP contribution is 1.93. The van der Waals surface area contributed by atoms with E-state index in [4.69, 9.17) is 15.8 Å². The molecule has 0 unspecified atom stereocenters. The van der Waals surface area contributed by atoms with Crippen molar-refractivity contribution in [3.63, 3.8) is 0 Å². The summed E-state index contributed by atoms with van der Waals surface area (Å²) in [6.45, 7) is 1.61. The van der Waals surface area contributed by atoms with Crippen LogP contribution in [-0.4, -0.2) is 34.9 Å². The fourth-order valence-electron chi connectivity index (χ4n) is 0.757. The van der Waals surface area contributed by atoms with Gasteiger partial charge in [0.05, 0.1) is 5.94 Å². The summed E-state index contributed by atoms with van der Waals surface area (Å²) in [4.78, 5) is 21.3. The molecule has 74 valence electrons. The van der Waals surface area contributed by atoms with Crippen LogP contribution >= 0.6 is 0 Å². The molecule has 13 heavy (non-hydrogen) atoms. The average molecular weight is 188 g/mol. The van der Waals surface area contributed by atoms with Gasteiger partial charge in [-0.05, 0) is 0 Å². The lowest BCUT2D eigenvalue weighted by Gasteiger charge is -2.15. The number of hydrogen-bond donors (Lipinski definition) is 4.